The molecule has 1 aromatic carbocycles. The molecule has 0 spiro atoms. The summed E-state index contributed by atoms with van der Waals surface area (Å²) in [5, 5.41) is 0. The third kappa shape index (κ3) is 7.15. The van der Waals surface area contributed by atoms with Crippen molar-refractivity contribution in [2.24, 2.45) is 0 Å². The number of ether oxygens (including phenoxy) is 2. The van der Waals surface area contributed by atoms with E-state index in [1.54, 1.807) is 0 Å². The molecule has 3 rings (SSSR count). The van der Waals surface area contributed by atoms with Crippen molar-refractivity contribution in [3.05, 3.63) is 0 Å². The Balaban J connectivity index is 2.12. The average Bonchev–Trinajstić information content (AvgIpc) is 3.39. The number of rotatable bonds is 14. The zero-order chi connectivity index (χ0) is 24.9. The number of fused-ring (bicyclic) bond motifs is 2. The van der Waals surface area contributed by atoms with E-state index in [2.05, 4.69) is 43.5 Å². The number of hydrogen-bond acceptors (Lipinski definition) is 6. The van der Waals surface area contributed by atoms with Gasteiger partial charge in [0.1, 0.15) is 0 Å². The molecule has 0 fully saturated rings. The number of unbranched alkanes of at least 4 members (excludes halogenated alkanes) is 6. The summed E-state index contributed by atoms with van der Waals surface area (Å²) in [5.74, 6) is 1.94. The zero-order valence-electron chi connectivity index (χ0n) is 22.6. The summed E-state index contributed by atoms with van der Waals surface area (Å²) in [6, 6.07) is 0. The monoisotopic (exact) mass is 720 g/mol. The fraction of sp³-hybridized carbons (Fsp3) is 0.692. The molecular formula is C26H44N2O2S2Sn2. The van der Waals surface area contributed by atoms with Gasteiger partial charge in [-0.3, -0.25) is 0 Å². The molecule has 0 radical (unpaired) electrons. The third-order valence-corrected chi connectivity index (χ3v) is 25.5. The standard InChI is InChI=1S/C20H26N2O2S2.6CH3.2Sn/c1-3-5-7-9-11-23-17-15-20(26-13-21-15)18(16-19(17)25-14-22-16)24-12-10-8-6-4-2;;;;;;;;/h3-12H2,1-2H3;6*1H3;;. The molecule has 0 saturated carbocycles. The first-order valence-electron chi connectivity index (χ1n) is 13.1. The summed E-state index contributed by atoms with van der Waals surface area (Å²) in [5.41, 5.74) is 2.05. The second kappa shape index (κ2) is 12.6. The second-order valence-electron chi connectivity index (χ2n) is 11.4. The molecule has 0 amide bonds. The molecule has 2 heterocycles. The summed E-state index contributed by atoms with van der Waals surface area (Å²) in [6.07, 6.45) is 9.62. The van der Waals surface area contributed by atoms with Crippen LogP contribution in [0.2, 0.25) is 29.6 Å². The van der Waals surface area contributed by atoms with Crippen molar-refractivity contribution in [3.63, 3.8) is 0 Å². The SMILES string of the molecule is CCCCCCOc1c2n[c]([Sn]([CH3])([CH3])[CH3])sc2c(OCCCCCC)c2n[c]([Sn]([CH3])([CH3])[CH3])sc12. The number of benzene rings is 1. The molecule has 0 aliphatic heterocycles. The van der Waals surface area contributed by atoms with E-state index >= 15 is 0 Å². The number of aromatic nitrogens is 2. The Bertz CT molecular complexity index is 942. The van der Waals surface area contributed by atoms with Crippen LogP contribution in [0.15, 0.2) is 0 Å². The van der Waals surface area contributed by atoms with Crippen molar-refractivity contribution in [1.82, 2.24) is 9.97 Å². The Morgan fingerprint density at radius 2 is 0.971 bits per heavy atom. The van der Waals surface area contributed by atoms with Gasteiger partial charge in [0.05, 0.1) is 0 Å². The minimum absolute atomic E-state index is 0.749. The van der Waals surface area contributed by atoms with E-state index in [4.69, 9.17) is 19.4 Å². The second-order valence-corrected chi connectivity index (χ2v) is 43.8. The van der Waals surface area contributed by atoms with Crippen molar-refractivity contribution in [2.75, 3.05) is 13.2 Å². The molecule has 0 unspecified atom stereocenters. The van der Waals surface area contributed by atoms with Crippen LogP contribution in [0.5, 0.6) is 11.5 Å². The molecule has 3 aromatic rings. The van der Waals surface area contributed by atoms with Gasteiger partial charge in [-0.05, 0) is 0 Å². The number of hydrogen-bond donors (Lipinski definition) is 0. The minimum atomic E-state index is -2.36. The van der Waals surface area contributed by atoms with E-state index in [1.165, 1.54) is 44.6 Å². The topological polar surface area (TPSA) is 44.2 Å². The van der Waals surface area contributed by atoms with E-state index in [0.717, 1.165) is 58.0 Å². The third-order valence-electron chi connectivity index (χ3n) is 5.87. The van der Waals surface area contributed by atoms with Crippen LogP contribution in [0.25, 0.3) is 20.4 Å². The predicted molar refractivity (Wildman–Crippen MR) is 158 cm³/mol. The molecule has 0 atom stereocenters. The van der Waals surface area contributed by atoms with Crippen molar-refractivity contribution in [1.29, 1.82) is 0 Å². The van der Waals surface area contributed by atoms with Crippen LogP contribution in [0.3, 0.4) is 0 Å². The Morgan fingerprint density at radius 1 is 0.588 bits per heavy atom. The van der Waals surface area contributed by atoms with Crippen molar-refractivity contribution < 1.29 is 9.47 Å². The van der Waals surface area contributed by atoms with Gasteiger partial charge in [-0.15, -0.1) is 0 Å². The van der Waals surface area contributed by atoms with Crippen LogP contribution >= 0.6 is 22.7 Å². The van der Waals surface area contributed by atoms with Gasteiger partial charge in [0.15, 0.2) is 0 Å². The van der Waals surface area contributed by atoms with E-state index in [1.807, 2.05) is 22.7 Å². The van der Waals surface area contributed by atoms with E-state index in [9.17, 15) is 0 Å². The predicted octanol–water partition coefficient (Wildman–Crippen LogP) is 7.91. The molecule has 0 bridgehead atoms. The molecular weight excluding hydrogens is 674 g/mol. The molecule has 8 heteroatoms. The molecule has 0 saturated heterocycles. The number of thiazole rings is 2. The van der Waals surface area contributed by atoms with Crippen LogP contribution in [-0.2, 0) is 0 Å². The molecule has 0 aliphatic carbocycles. The summed E-state index contributed by atoms with van der Waals surface area (Å²) in [4.78, 5) is 25.1. The van der Waals surface area contributed by atoms with Gasteiger partial charge in [0, 0.05) is 0 Å². The molecule has 4 nitrogen and oxygen atoms in total. The first-order chi connectivity index (χ1) is 16.1. The molecule has 0 N–H and O–H groups in total. The summed E-state index contributed by atoms with van der Waals surface area (Å²) in [7, 11) is 0. The van der Waals surface area contributed by atoms with Gasteiger partial charge in [0.25, 0.3) is 0 Å². The Morgan fingerprint density at radius 3 is 1.29 bits per heavy atom. The van der Waals surface area contributed by atoms with Crippen LogP contribution in [0.4, 0.5) is 0 Å². The van der Waals surface area contributed by atoms with E-state index in [0.29, 0.717) is 0 Å². The van der Waals surface area contributed by atoms with Crippen molar-refractivity contribution >= 4 is 85.9 Å². The molecule has 34 heavy (non-hydrogen) atoms. The first-order valence-corrected chi connectivity index (χ1v) is 34.7. The maximum atomic E-state index is 6.55. The first kappa shape index (κ1) is 28.8. The van der Waals surface area contributed by atoms with Crippen molar-refractivity contribution in [3.8, 4) is 11.5 Å². The fourth-order valence-electron chi connectivity index (χ4n) is 3.79. The summed E-state index contributed by atoms with van der Waals surface area (Å²) in [6.45, 7) is 6.00. The Labute approximate surface area is 223 Å². The van der Waals surface area contributed by atoms with Gasteiger partial charge >= 0.3 is 225 Å². The maximum absolute atomic E-state index is 6.55. The molecule has 2 aromatic heterocycles. The van der Waals surface area contributed by atoms with Gasteiger partial charge in [0.2, 0.25) is 0 Å². The van der Waals surface area contributed by atoms with Crippen molar-refractivity contribution in [2.45, 2.75) is 94.9 Å². The van der Waals surface area contributed by atoms with Crippen LogP contribution in [0.1, 0.15) is 65.2 Å². The molecule has 0 aliphatic rings. The number of nitrogens with zero attached hydrogens (tertiary/aromatic N) is 2. The Hall–Kier alpha value is 0.197. The van der Waals surface area contributed by atoms with Gasteiger partial charge in [-0.2, -0.15) is 0 Å². The molecule has 190 valence electrons. The summed E-state index contributed by atoms with van der Waals surface area (Å²) < 4.78 is 18.1. The van der Waals surface area contributed by atoms with Crippen LogP contribution in [0, 0.1) is 0 Å². The average molecular weight is 718 g/mol. The fourth-order valence-corrected chi connectivity index (χ4v) is 15.6. The quantitative estimate of drug-likeness (QED) is 0.126. The van der Waals surface area contributed by atoms with E-state index in [-0.39, 0.29) is 0 Å². The normalized spacial score (nSPS) is 12.7. The Kier molecular flexibility index (Phi) is 10.7. The van der Waals surface area contributed by atoms with Gasteiger partial charge < -0.3 is 0 Å². The van der Waals surface area contributed by atoms with Crippen LogP contribution < -0.4 is 15.5 Å². The summed E-state index contributed by atoms with van der Waals surface area (Å²) >= 11 is -1.01. The van der Waals surface area contributed by atoms with Gasteiger partial charge in [-0.25, -0.2) is 0 Å². The van der Waals surface area contributed by atoms with Gasteiger partial charge in [-0.1, -0.05) is 0 Å². The zero-order valence-corrected chi connectivity index (χ0v) is 29.9. The van der Waals surface area contributed by atoms with Crippen LogP contribution in [-0.4, -0.2) is 59.9 Å². The van der Waals surface area contributed by atoms with E-state index < -0.39 is 36.8 Å².